The third kappa shape index (κ3) is 82.3. The number of rotatable bonds is 0. The van der Waals surface area contributed by atoms with E-state index in [0.717, 1.165) is 0 Å². The first-order valence-electron chi connectivity index (χ1n) is 0.894. The van der Waals surface area contributed by atoms with Crippen molar-refractivity contribution in [2.75, 3.05) is 0 Å². The van der Waals surface area contributed by atoms with Crippen LogP contribution in [0.15, 0.2) is 0 Å². The van der Waals surface area contributed by atoms with E-state index in [1.165, 1.54) is 0 Å². The first kappa shape index (κ1) is 10.1. The molecular weight excluding hydrogens is 299 g/mol. The van der Waals surface area contributed by atoms with Crippen molar-refractivity contribution in [3.63, 3.8) is 0 Å². The molecule has 0 aliphatic rings. The van der Waals surface area contributed by atoms with Gasteiger partial charge in [-0.2, -0.15) is 0 Å². The van der Waals surface area contributed by atoms with Crippen LogP contribution < -0.4 is 0 Å². The Morgan fingerprint density at radius 2 is 0.833 bits per heavy atom. The van der Waals surface area contributed by atoms with Crippen LogP contribution in [0, 0.1) is 0 Å². The Morgan fingerprint density at radius 1 is 0.833 bits per heavy atom. The summed E-state index contributed by atoms with van der Waals surface area (Å²) in [5, 5.41) is 0. The molecule has 0 amide bonds. The first-order chi connectivity index (χ1) is 2.00. The van der Waals surface area contributed by atoms with E-state index in [0.29, 0.717) is 0 Å². The van der Waals surface area contributed by atoms with Crippen molar-refractivity contribution < 1.29 is 19.2 Å². The summed E-state index contributed by atoms with van der Waals surface area (Å²) in [5.74, 6) is 0. The Morgan fingerprint density at radius 3 is 0.833 bits per heavy atom. The molecule has 0 aliphatic carbocycles. The molecule has 0 aromatic carbocycles. The van der Waals surface area contributed by atoms with Crippen molar-refractivity contribution in [1.82, 2.24) is 0 Å². The van der Waals surface area contributed by atoms with E-state index in [4.69, 9.17) is 19.2 Å². The summed E-state index contributed by atoms with van der Waals surface area (Å²) in [6.07, 6.45) is 0. The molecule has 0 heterocycles. The van der Waals surface area contributed by atoms with Crippen LogP contribution in [-0.4, -0.2) is 55.5 Å². The summed E-state index contributed by atoms with van der Waals surface area (Å²) >= 11 is 0. The Labute approximate surface area is 55.7 Å². The van der Waals surface area contributed by atoms with Crippen LogP contribution in [0.2, 0.25) is 0 Å². The fourth-order valence-electron chi connectivity index (χ4n) is 0. The predicted octanol–water partition coefficient (Wildman–Crippen LogP) is -2.99. The zero-order chi connectivity index (χ0) is 4.50. The van der Waals surface area contributed by atoms with Gasteiger partial charge in [0.25, 0.3) is 0 Å². The molecule has 0 saturated heterocycles. The van der Waals surface area contributed by atoms with Gasteiger partial charge in [0.05, 0.1) is 0 Å². The van der Waals surface area contributed by atoms with Crippen molar-refractivity contribution >= 4 is 36.3 Å². The van der Waals surface area contributed by atoms with Gasteiger partial charge in [0.2, 0.25) is 0 Å². The van der Waals surface area contributed by atoms with Crippen LogP contribution in [-0.2, 0) is 0 Å². The molecule has 0 rings (SSSR count). The van der Waals surface area contributed by atoms with Gasteiger partial charge in [-0.25, -0.2) is 0 Å². The SMILES string of the molecule is O[Si](O)(O)O.[Pb]. The van der Waals surface area contributed by atoms with Crippen molar-refractivity contribution in [3.05, 3.63) is 0 Å². The van der Waals surface area contributed by atoms with Crippen molar-refractivity contribution in [3.8, 4) is 0 Å². The molecule has 0 atom stereocenters. The minimum Gasteiger partial charge on any atom is -0.368 e. The van der Waals surface area contributed by atoms with Gasteiger partial charge in [-0.1, -0.05) is 0 Å². The molecule has 0 spiro atoms. The van der Waals surface area contributed by atoms with Crippen molar-refractivity contribution in [2.24, 2.45) is 0 Å². The molecule has 0 aliphatic heterocycles. The van der Waals surface area contributed by atoms with Crippen LogP contribution in [0.1, 0.15) is 0 Å². The van der Waals surface area contributed by atoms with E-state index in [-0.39, 0.29) is 27.3 Å². The molecule has 4 radical (unpaired) electrons. The summed E-state index contributed by atoms with van der Waals surface area (Å²) in [7, 11) is -4.61. The zero-order valence-electron chi connectivity index (χ0n) is 2.79. The number of hydrogen-bond acceptors (Lipinski definition) is 4. The molecule has 0 bridgehead atoms. The van der Waals surface area contributed by atoms with E-state index in [9.17, 15) is 0 Å². The molecular formula is H4O4PbSi. The average Bonchev–Trinajstić information content (AvgIpc) is 0.722. The zero-order valence-corrected chi connectivity index (χ0v) is 7.68. The minimum atomic E-state index is -4.61. The normalized spacial score (nSPS) is 10.0. The van der Waals surface area contributed by atoms with Crippen LogP contribution in [0.3, 0.4) is 0 Å². The third-order valence-electron chi connectivity index (χ3n) is 0. The maximum absolute atomic E-state index is 7.33. The van der Waals surface area contributed by atoms with Gasteiger partial charge in [0.15, 0.2) is 0 Å². The Hall–Kier alpha value is 0.979. The molecule has 0 fully saturated rings. The van der Waals surface area contributed by atoms with Gasteiger partial charge >= 0.3 is 9.05 Å². The molecule has 4 N–H and O–H groups in total. The molecule has 0 unspecified atom stereocenters. The maximum Gasteiger partial charge on any atom is 0.668 e. The van der Waals surface area contributed by atoms with Gasteiger partial charge in [-0.05, 0) is 0 Å². The van der Waals surface area contributed by atoms with Gasteiger partial charge < -0.3 is 19.2 Å². The average molecular weight is 303 g/mol. The third-order valence-corrected chi connectivity index (χ3v) is 0. The summed E-state index contributed by atoms with van der Waals surface area (Å²) in [5.41, 5.74) is 0. The summed E-state index contributed by atoms with van der Waals surface area (Å²) < 4.78 is 0. The van der Waals surface area contributed by atoms with E-state index in [1.54, 1.807) is 0 Å². The van der Waals surface area contributed by atoms with Gasteiger partial charge in [0.1, 0.15) is 0 Å². The second kappa shape index (κ2) is 3.04. The molecule has 0 aromatic rings. The van der Waals surface area contributed by atoms with E-state index in [2.05, 4.69) is 0 Å². The maximum atomic E-state index is 7.33. The molecule has 0 saturated carbocycles. The van der Waals surface area contributed by atoms with Gasteiger partial charge in [-0.15, -0.1) is 0 Å². The molecule has 0 aromatic heterocycles. The van der Waals surface area contributed by atoms with Gasteiger partial charge in [-0.3, -0.25) is 0 Å². The second-order valence-electron chi connectivity index (χ2n) is 0.600. The fraction of sp³-hybridized carbons (Fsp3) is 0. The Bertz CT molecular complexity index is 23.0. The fourth-order valence-corrected chi connectivity index (χ4v) is 0. The molecule has 4 nitrogen and oxygen atoms in total. The summed E-state index contributed by atoms with van der Waals surface area (Å²) in [4.78, 5) is 29.3. The minimum absolute atomic E-state index is 0. The van der Waals surface area contributed by atoms with Gasteiger partial charge in [0, 0.05) is 27.3 Å². The summed E-state index contributed by atoms with van der Waals surface area (Å²) in [6, 6.07) is 0. The topological polar surface area (TPSA) is 80.9 Å². The smallest absolute Gasteiger partial charge is 0.368 e. The summed E-state index contributed by atoms with van der Waals surface area (Å²) in [6.45, 7) is 0. The van der Waals surface area contributed by atoms with E-state index in [1.807, 2.05) is 0 Å². The van der Waals surface area contributed by atoms with Crippen LogP contribution in [0.25, 0.3) is 0 Å². The largest absolute Gasteiger partial charge is 0.668 e. The number of hydrogen-bond donors (Lipinski definition) is 4. The van der Waals surface area contributed by atoms with E-state index < -0.39 is 9.05 Å². The first-order valence-corrected chi connectivity index (χ1v) is 2.68. The standard InChI is InChI=1S/H4O4Si.Pb/c1-5(2,3)4;/h1-4H;. The quantitative estimate of drug-likeness (QED) is 0.360. The Kier molecular flexibility index (Phi) is 5.10. The van der Waals surface area contributed by atoms with Crippen molar-refractivity contribution in [1.29, 1.82) is 0 Å². The van der Waals surface area contributed by atoms with Crippen LogP contribution in [0.4, 0.5) is 0 Å². The predicted molar refractivity (Wildman–Crippen MR) is 20.4 cm³/mol. The monoisotopic (exact) mass is 304 g/mol. The molecule has 36 valence electrons. The van der Waals surface area contributed by atoms with Crippen LogP contribution in [0.5, 0.6) is 0 Å². The van der Waals surface area contributed by atoms with Crippen molar-refractivity contribution in [2.45, 2.75) is 0 Å². The second-order valence-corrected chi connectivity index (χ2v) is 1.80. The van der Waals surface area contributed by atoms with E-state index >= 15 is 0 Å². The van der Waals surface area contributed by atoms with Crippen LogP contribution >= 0.6 is 0 Å². The molecule has 6 heavy (non-hydrogen) atoms. The Balaban J connectivity index is 0. The molecule has 6 heteroatoms.